The molecule has 2 aromatic heterocycles. The van der Waals surface area contributed by atoms with E-state index in [0.29, 0.717) is 5.39 Å². The molecule has 0 radical (unpaired) electrons. The molecule has 0 spiro atoms. The zero-order chi connectivity index (χ0) is 12.8. The Morgan fingerprint density at radius 1 is 1.47 bits per heavy atom. The van der Waals surface area contributed by atoms with Crippen LogP contribution < -0.4 is 5.56 Å². The van der Waals surface area contributed by atoms with E-state index in [4.69, 9.17) is 0 Å². The highest BCUT2D eigenvalue weighted by Crippen LogP contribution is 2.25. The number of hydrogen-bond acceptors (Lipinski definition) is 4. The number of hydrogen-bond donors (Lipinski definition) is 1. The Balaban J connectivity index is 2.65. The number of fused-ring (bicyclic) bond motifs is 1. The monoisotopic (exact) mass is 252 g/mol. The molecule has 0 aromatic carbocycles. The molecule has 2 rings (SSSR count). The minimum absolute atomic E-state index is 0.0704. The van der Waals surface area contributed by atoms with Crippen LogP contribution >= 0.6 is 11.3 Å². The maximum absolute atomic E-state index is 12.3. The summed E-state index contributed by atoms with van der Waals surface area (Å²) in [6.45, 7) is 7.53. The maximum Gasteiger partial charge on any atom is 0.262 e. The second-order valence-corrected chi connectivity index (χ2v) is 6.16. The third-order valence-corrected chi connectivity index (χ3v) is 3.83. The van der Waals surface area contributed by atoms with Crippen LogP contribution in [0.25, 0.3) is 10.2 Å². The molecule has 0 amide bonds. The molecule has 2 heterocycles. The second-order valence-electron chi connectivity index (χ2n) is 4.95. The first-order chi connectivity index (χ1) is 7.79. The lowest BCUT2D eigenvalue weighted by Crippen LogP contribution is -2.32. The third-order valence-electron chi connectivity index (χ3n) is 2.71. The molecule has 0 aliphatic rings. The van der Waals surface area contributed by atoms with Gasteiger partial charge in [0.2, 0.25) is 0 Å². The van der Waals surface area contributed by atoms with Crippen molar-refractivity contribution in [3.8, 4) is 0 Å². The van der Waals surface area contributed by atoms with E-state index in [1.807, 2.05) is 13.8 Å². The first kappa shape index (κ1) is 12.3. The van der Waals surface area contributed by atoms with Gasteiger partial charge < -0.3 is 5.11 Å². The molecular formula is C12H16N2O2S. The van der Waals surface area contributed by atoms with Crippen molar-refractivity contribution in [1.29, 1.82) is 0 Å². The van der Waals surface area contributed by atoms with Crippen molar-refractivity contribution in [3.63, 3.8) is 0 Å². The van der Waals surface area contributed by atoms with E-state index in [9.17, 15) is 9.90 Å². The van der Waals surface area contributed by atoms with Crippen LogP contribution in [0, 0.1) is 13.8 Å². The van der Waals surface area contributed by atoms with Crippen LogP contribution in [0.2, 0.25) is 0 Å². The van der Waals surface area contributed by atoms with Crippen molar-refractivity contribution in [2.45, 2.75) is 39.8 Å². The van der Waals surface area contributed by atoms with E-state index in [-0.39, 0.29) is 12.1 Å². The summed E-state index contributed by atoms with van der Waals surface area (Å²) in [5.74, 6) is 0. The summed E-state index contributed by atoms with van der Waals surface area (Å²) in [6.07, 6.45) is 1.51. The Labute approximate surface area is 104 Å². The van der Waals surface area contributed by atoms with Gasteiger partial charge in [-0.25, -0.2) is 4.98 Å². The average Bonchev–Trinajstić information content (AvgIpc) is 2.47. The van der Waals surface area contributed by atoms with Gasteiger partial charge in [0, 0.05) is 4.88 Å². The summed E-state index contributed by atoms with van der Waals surface area (Å²) in [5, 5.41) is 10.4. The van der Waals surface area contributed by atoms with Crippen molar-refractivity contribution >= 4 is 21.6 Å². The number of thiophene rings is 1. The fraction of sp³-hybridized carbons (Fsp3) is 0.500. The van der Waals surface area contributed by atoms with Gasteiger partial charge in [0.05, 0.1) is 23.9 Å². The molecule has 4 nitrogen and oxygen atoms in total. The highest BCUT2D eigenvalue weighted by Gasteiger charge is 2.17. The van der Waals surface area contributed by atoms with E-state index in [2.05, 4.69) is 4.98 Å². The Hall–Kier alpha value is -1.20. The van der Waals surface area contributed by atoms with Crippen molar-refractivity contribution in [2.24, 2.45) is 0 Å². The van der Waals surface area contributed by atoms with Crippen LogP contribution in [-0.4, -0.2) is 20.3 Å². The molecule has 0 saturated heterocycles. The smallest absolute Gasteiger partial charge is 0.262 e. The molecule has 5 heteroatoms. The third kappa shape index (κ3) is 2.25. The number of rotatable bonds is 2. The van der Waals surface area contributed by atoms with Crippen LogP contribution in [0.15, 0.2) is 11.1 Å². The summed E-state index contributed by atoms with van der Waals surface area (Å²) >= 11 is 1.53. The Morgan fingerprint density at radius 3 is 2.71 bits per heavy atom. The zero-order valence-electron chi connectivity index (χ0n) is 10.4. The minimum Gasteiger partial charge on any atom is -0.389 e. The van der Waals surface area contributed by atoms with Crippen LogP contribution in [0.5, 0.6) is 0 Å². The normalized spacial score (nSPS) is 12.3. The predicted octanol–water partition coefficient (Wildman–Crippen LogP) is 1.85. The topological polar surface area (TPSA) is 55.1 Å². The standard InChI is InChI=1S/C12H16N2O2S/c1-7-8(2)17-10-9(7)11(15)14(6-13-10)5-12(3,4)16/h6,16H,5H2,1-4H3. The van der Waals surface area contributed by atoms with Gasteiger partial charge in [-0.05, 0) is 33.3 Å². The molecule has 0 unspecified atom stereocenters. The van der Waals surface area contributed by atoms with Crippen molar-refractivity contribution in [2.75, 3.05) is 0 Å². The predicted molar refractivity (Wildman–Crippen MR) is 69.7 cm³/mol. The summed E-state index contributed by atoms with van der Waals surface area (Å²) < 4.78 is 1.47. The van der Waals surface area contributed by atoms with Gasteiger partial charge in [-0.3, -0.25) is 9.36 Å². The molecule has 0 bridgehead atoms. The molecule has 17 heavy (non-hydrogen) atoms. The van der Waals surface area contributed by atoms with E-state index in [0.717, 1.165) is 15.3 Å². The molecule has 92 valence electrons. The molecule has 0 aliphatic heterocycles. The van der Waals surface area contributed by atoms with Gasteiger partial charge in [-0.1, -0.05) is 0 Å². The van der Waals surface area contributed by atoms with E-state index in [1.165, 1.54) is 22.2 Å². The minimum atomic E-state index is -0.918. The molecular weight excluding hydrogens is 236 g/mol. The van der Waals surface area contributed by atoms with E-state index in [1.54, 1.807) is 13.8 Å². The highest BCUT2D eigenvalue weighted by molar-refractivity contribution is 7.18. The van der Waals surface area contributed by atoms with Crippen molar-refractivity contribution < 1.29 is 5.11 Å². The molecule has 0 fully saturated rings. The summed E-state index contributed by atoms with van der Waals surface area (Å²) in [7, 11) is 0. The summed E-state index contributed by atoms with van der Waals surface area (Å²) in [5.41, 5.74) is 0.00425. The number of aromatic nitrogens is 2. The van der Waals surface area contributed by atoms with Gasteiger partial charge >= 0.3 is 0 Å². The fourth-order valence-corrected chi connectivity index (χ4v) is 2.79. The second kappa shape index (κ2) is 3.92. The van der Waals surface area contributed by atoms with Crippen LogP contribution in [0.4, 0.5) is 0 Å². The molecule has 0 atom stereocenters. The summed E-state index contributed by atoms with van der Waals surface area (Å²) in [6, 6.07) is 0. The summed E-state index contributed by atoms with van der Waals surface area (Å²) in [4.78, 5) is 18.4. The molecule has 2 aromatic rings. The largest absolute Gasteiger partial charge is 0.389 e. The molecule has 0 aliphatic carbocycles. The van der Waals surface area contributed by atoms with E-state index >= 15 is 0 Å². The Kier molecular flexibility index (Phi) is 2.83. The SMILES string of the molecule is Cc1sc2ncn(CC(C)(C)O)c(=O)c2c1C. The van der Waals surface area contributed by atoms with Gasteiger partial charge in [-0.15, -0.1) is 11.3 Å². The molecule has 0 saturated carbocycles. The van der Waals surface area contributed by atoms with Gasteiger partial charge in [-0.2, -0.15) is 0 Å². The number of nitrogens with zero attached hydrogens (tertiary/aromatic N) is 2. The Bertz CT molecular complexity index is 620. The zero-order valence-corrected chi connectivity index (χ0v) is 11.3. The van der Waals surface area contributed by atoms with Crippen LogP contribution in [0.1, 0.15) is 24.3 Å². The van der Waals surface area contributed by atoms with Gasteiger partial charge in [0.25, 0.3) is 5.56 Å². The first-order valence-electron chi connectivity index (χ1n) is 5.47. The number of aryl methyl sites for hydroxylation is 2. The van der Waals surface area contributed by atoms with Gasteiger partial charge in [0.1, 0.15) is 4.83 Å². The number of aliphatic hydroxyl groups is 1. The highest BCUT2D eigenvalue weighted by atomic mass is 32.1. The van der Waals surface area contributed by atoms with Gasteiger partial charge in [0.15, 0.2) is 0 Å². The average molecular weight is 252 g/mol. The maximum atomic E-state index is 12.3. The van der Waals surface area contributed by atoms with E-state index < -0.39 is 5.60 Å². The van der Waals surface area contributed by atoms with Crippen molar-refractivity contribution in [1.82, 2.24) is 9.55 Å². The van der Waals surface area contributed by atoms with Crippen LogP contribution in [0.3, 0.4) is 0 Å². The molecule has 1 N–H and O–H groups in total. The Morgan fingerprint density at radius 2 is 2.12 bits per heavy atom. The van der Waals surface area contributed by atoms with Crippen LogP contribution in [-0.2, 0) is 6.54 Å². The fourth-order valence-electron chi connectivity index (χ4n) is 1.80. The lowest BCUT2D eigenvalue weighted by Gasteiger charge is -2.18. The van der Waals surface area contributed by atoms with Crippen molar-refractivity contribution in [3.05, 3.63) is 27.1 Å². The quantitative estimate of drug-likeness (QED) is 0.887. The lowest BCUT2D eigenvalue weighted by molar-refractivity contribution is 0.0603. The first-order valence-corrected chi connectivity index (χ1v) is 6.29. The lowest BCUT2D eigenvalue weighted by atomic mass is 10.1.